The zero-order valence-electron chi connectivity index (χ0n) is 15.7. The Labute approximate surface area is 163 Å². The monoisotopic (exact) mass is 409 g/mol. The Hall–Kier alpha value is -2.39. The lowest BCUT2D eigenvalue weighted by molar-refractivity contribution is -0.121. The molecular formula is C18H23N3O4S2. The summed E-state index contributed by atoms with van der Waals surface area (Å²) in [5.74, 6) is 0.105. The Morgan fingerprint density at radius 1 is 1.30 bits per heavy atom. The van der Waals surface area contributed by atoms with Crippen LogP contribution in [0.3, 0.4) is 0 Å². The zero-order chi connectivity index (χ0) is 20.0. The van der Waals surface area contributed by atoms with Crippen LogP contribution in [0.5, 0.6) is 5.75 Å². The lowest BCUT2D eigenvalue weighted by atomic mass is 10.2. The number of thiophene rings is 1. The van der Waals surface area contributed by atoms with Gasteiger partial charge in [0, 0.05) is 4.88 Å². The first-order valence-corrected chi connectivity index (χ1v) is 11.1. The van der Waals surface area contributed by atoms with E-state index in [-0.39, 0.29) is 0 Å². The quantitative estimate of drug-likeness (QED) is 0.536. The number of nitrogens with one attached hydrogen (secondary N) is 1. The van der Waals surface area contributed by atoms with E-state index < -0.39 is 22.0 Å². The largest absolute Gasteiger partial charge is 0.494 e. The third kappa shape index (κ3) is 5.54. The Kier molecular flexibility index (Phi) is 6.98. The van der Waals surface area contributed by atoms with Crippen molar-refractivity contribution < 1.29 is 17.9 Å². The lowest BCUT2D eigenvalue weighted by Gasteiger charge is -2.27. The summed E-state index contributed by atoms with van der Waals surface area (Å²) in [4.78, 5) is 13.4. The number of hydrogen-bond donors (Lipinski definition) is 1. The van der Waals surface area contributed by atoms with Crippen molar-refractivity contribution in [3.63, 3.8) is 0 Å². The number of hydrazone groups is 1. The highest BCUT2D eigenvalue weighted by atomic mass is 32.2. The fourth-order valence-electron chi connectivity index (χ4n) is 2.44. The van der Waals surface area contributed by atoms with Crippen molar-refractivity contribution in [1.82, 2.24) is 5.43 Å². The normalized spacial score (nSPS) is 13.1. The number of nitrogens with zero attached hydrogens (tertiary/aromatic N) is 2. The molecule has 2 rings (SSSR count). The number of carbonyl (C=O) groups excluding carboxylic acids is 1. The van der Waals surface area contributed by atoms with Crippen molar-refractivity contribution in [3.8, 4) is 5.75 Å². The molecule has 1 aromatic carbocycles. The highest BCUT2D eigenvalue weighted by Gasteiger charge is 2.29. The topological polar surface area (TPSA) is 88.1 Å². The molecule has 0 aliphatic carbocycles. The first kappa shape index (κ1) is 20.9. The predicted molar refractivity (Wildman–Crippen MR) is 109 cm³/mol. The molecule has 146 valence electrons. The summed E-state index contributed by atoms with van der Waals surface area (Å²) in [6.07, 6.45) is 1.06. The summed E-state index contributed by atoms with van der Waals surface area (Å²) in [6, 6.07) is 9.36. The number of carbonyl (C=O) groups is 1. The molecule has 1 heterocycles. The van der Waals surface area contributed by atoms with Crippen molar-refractivity contribution in [3.05, 3.63) is 46.7 Å². The first-order valence-electron chi connectivity index (χ1n) is 8.34. The molecule has 0 radical (unpaired) electrons. The number of rotatable bonds is 8. The average molecular weight is 410 g/mol. The molecule has 7 nitrogen and oxygen atoms in total. The molecule has 0 bridgehead atoms. The van der Waals surface area contributed by atoms with Gasteiger partial charge >= 0.3 is 0 Å². The minimum Gasteiger partial charge on any atom is -0.494 e. The van der Waals surface area contributed by atoms with Crippen molar-refractivity contribution in [2.75, 3.05) is 17.2 Å². The molecule has 0 unspecified atom stereocenters. The van der Waals surface area contributed by atoms with E-state index >= 15 is 0 Å². The van der Waals surface area contributed by atoms with Gasteiger partial charge in [-0.25, -0.2) is 13.8 Å². The maximum atomic E-state index is 12.5. The summed E-state index contributed by atoms with van der Waals surface area (Å²) < 4.78 is 31.0. The number of amides is 1. The summed E-state index contributed by atoms with van der Waals surface area (Å²) in [5.41, 5.74) is 3.48. The van der Waals surface area contributed by atoms with Crippen LogP contribution in [0.15, 0.2) is 46.9 Å². The molecular weight excluding hydrogens is 386 g/mol. The third-order valence-corrected chi connectivity index (χ3v) is 5.92. The van der Waals surface area contributed by atoms with Gasteiger partial charge in [0.05, 0.1) is 24.3 Å². The smallest absolute Gasteiger partial charge is 0.263 e. The van der Waals surface area contributed by atoms with E-state index in [0.717, 1.165) is 15.4 Å². The Morgan fingerprint density at radius 2 is 1.96 bits per heavy atom. The van der Waals surface area contributed by atoms with Crippen molar-refractivity contribution in [2.24, 2.45) is 5.10 Å². The SMILES string of the molecule is CCOc1ccc(N([C@H](C)C(=O)N/N=C(/C)c2cccs2)S(C)(=O)=O)cc1. The van der Waals surface area contributed by atoms with Crippen LogP contribution < -0.4 is 14.5 Å². The highest BCUT2D eigenvalue weighted by molar-refractivity contribution is 7.92. The Bertz CT molecular complexity index is 891. The summed E-state index contributed by atoms with van der Waals surface area (Å²) in [5, 5.41) is 5.98. The molecule has 0 aliphatic rings. The number of benzene rings is 1. The van der Waals surface area contributed by atoms with Gasteiger partial charge in [0.2, 0.25) is 10.0 Å². The number of ether oxygens (including phenoxy) is 1. The molecule has 0 aliphatic heterocycles. The van der Waals surface area contributed by atoms with E-state index in [2.05, 4.69) is 10.5 Å². The van der Waals surface area contributed by atoms with Gasteiger partial charge in [-0.15, -0.1) is 11.3 Å². The molecule has 1 atom stereocenters. The van der Waals surface area contributed by atoms with E-state index in [1.165, 1.54) is 18.3 Å². The zero-order valence-corrected chi connectivity index (χ0v) is 17.3. The van der Waals surface area contributed by atoms with Crippen LogP contribution in [-0.4, -0.2) is 38.9 Å². The minimum atomic E-state index is -3.68. The van der Waals surface area contributed by atoms with E-state index in [1.807, 2.05) is 24.4 Å². The van der Waals surface area contributed by atoms with Gasteiger partial charge in [0.25, 0.3) is 5.91 Å². The van der Waals surface area contributed by atoms with Gasteiger partial charge in [-0.2, -0.15) is 5.10 Å². The third-order valence-electron chi connectivity index (χ3n) is 3.70. The van der Waals surface area contributed by atoms with E-state index in [9.17, 15) is 13.2 Å². The molecule has 0 saturated carbocycles. The van der Waals surface area contributed by atoms with Crippen molar-refractivity contribution in [2.45, 2.75) is 26.8 Å². The van der Waals surface area contributed by atoms with Crippen LogP contribution in [0.1, 0.15) is 25.6 Å². The molecule has 9 heteroatoms. The molecule has 0 saturated heterocycles. The molecule has 2 aromatic rings. The maximum Gasteiger partial charge on any atom is 0.263 e. The van der Waals surface area contributed by atoms with E-state index in [1.54, 1.807) is 31.2 Å². The van der Waals surface area contributed by atoms with Crippen LogP contribution in [0.4, 0.5) is 5.69 Å². The number of sulfonamides is 1. The molecule has 0 fully saturated rings. The first-order chi connectivity index (χ1) is 12.7. The van der Waals surface area contributed by atoms with Crippen LogP contribution in [0.2, 0.25) is 0 Å². The average Bonchev–Trinajstić information content (AvgIpc) is 3.14. The second-order valence-electron chi connectivity index (χ2n) is 5.81. The van der Waals surface area contributed by atoms with Gasteiger partial charge in [-0.3, -0.25) is 9.10 Å². The van der Waals surface area contributed by atoms with Crippen LogP contribution >= 0.6 is 11.3 Å². The van der Waals surface area contributed by atoms with Crippen LogP contribution in [0, 0.1) is 0 Å². The number of anilines is 1. The molecule has 0 spiro atoms. The van der Waals surface area contributed by atoms with Gasteiger partial charge in [0.1, 0.15) is 11.8 Å². The van der Waals surface area contributed by atoms with Crippen molar-refractivity contribution >= 4 is 38.7 Å². The lowest BCUT2D eigenvalue weighted by Crippen LogP contribution is -2.46. The fourth-order valence-corrected chi connectivity index (χ4v) is 4.29. The van der Waals surface area contributed by atoms with E-state index in [0.29, 0.717) is 23.8 Å². The van der Waals surface area contributed by atoms with Gasteiger partial charge < -0.3 is 4.74 Å². The summed E-state index contributed by atoms with van der Waals surface area (Å²) in [7, 11) is -3.68. The van der Waals surface area contributed by atoms with Gasteiger partial charge in [0.15, 0.2) is 0 Å². The van der Waals surface area contributed by atoms with Gasteiger partial charge in [-0.1, -0.05) is 6.07 Å². The van der Waals surface area contributed by atoms with Crippen molar-refractivity contribution in [1.29, 1.82) is 0 Å². The number of hydrogen-bond acceptors (Lipinski definition) is 6. The van der Waals surface area contributed by atoms with Crippen LogP contribution in [0.25, 0.3) is 0 Å². The predicted octanol–water partition coefficient (Wildman–Crippen LogP) is 2.84. The summed E-state index contributed by atoms with van der Waals surface area (Å²) in [6.45, 7) is 5.66. The molecule has 1 N–H and O–H groups in total. The second-order valence-corrected chi connectivity index (χ2v) is 8.62. The summed E-state index contributed by atoms with van der Waals surface area (Å²) >= 11 is 1.50. The molecule has 27 heavy (non-hydrogen) atoms. The maximum absolute atomic E-state index is 12.5. The minimum absolute atomic E-state index is 0.377. The molecule has 1 amide bonds. The molecule has 1 aromatic heterocycles. The Morgan fingerprint density at radius 3 is 2.48 bits per heavy atom. The Balaban J connectivity index is 2.20. The van der Waals surface area contributed by atoms with E-state index in [4.69, 9.17) is 4.74 Å². The fraction of sp³-hybridized carbons (Fsp3) is 0.333. The standard InChI is InChI=1S/C18H23N3O4S2/c1-5-25-16-10-8-15(9-11-16)21(27(4,23)24)14(3)18(22)20-19-13(2)17-7-6-12-26-17/h6-12,14H,5H2,1-4H3,(H,20,22)/b19-13-/t14-/m1/s1. The highest BCUT2D eigenvalue weighted by Crippen LogP contribution is 2.24. The van der Waals surface area contributed by atoms with Crippen LogP contribution in [-0.2, 0) is 14.8 Å². The second kappa shape index (κ2) is 9.01. The van der Waals surface area contributed by atoms with Gasteiger partial charge in [-0.05, 0) is 56.5 Å².